The number of aromatic nitrogens is 1. The van der Waals surface area contributed by atoms with Crippen LogP contribution in [0, 0.1) is 6.92 Å². The number of anilines is 1. The number of nitrogens with zero attached hydrogens (tertiary/aromatic N) is 2. The van der Waals surface area contributed by atoms with Gasteiger partial charge in [0.25, 0.3) is 5.78 Å². The molecule has 3 aromatic rings. The zero-order valence-corrected chi connectivity index (χ0v) is 17.7. The van der Waals surface area contributed by atoms with E-state index in [1.54, 1.807) is 43.3 Å². The Bertz CT molecular complexity index is 1200. The van der Waals surface area contributed by atoms with E-state index in [0.717, 1.165) is 0 Å². The number of Topliss-reactive ketones (excluding diaryl/α,β-unsaturated/α-hetero) is 1. The molecule has 2 heterocycles. The Labute approximate surface area is 186 Å². The summed E-state index contributed by atoms with van der Waals surface area (Å²) in [7, 11) is 0. The SMILES string of the molecule is Cc1cc(N2C(=O)C(=O)C(=C(O)c3ccc(Cl)cc3)[C@@H]2c2ccc(Cl)c(Cl)c2)no1. The largest absolute Gasteiger partial charge is 0.507 e. The van der Waals surface area contributed by atoms with Gasteiger partial charge in [-0.3, -0.25) is 14.5 Å². The molecule has 0 unspecified atom stereocenters. The lowest BCUT2D eigenvalue weighted by Crippen LogP contribution is -2.29. The van der Waals surface area contributed by atoms with Gasteiger partial charge in [-0.05, 0) is 48.9 Å². The third-order valence-corrected chi connectivity index (χ3v) is 5.67. The van der Waals surface area contributed by atoms with E-state index in [9.17, 15) is 14.7 Å². The zero-order valence-electron chi connectivity index (χ0n) is 15.4. The summed E-state index contributed by atoms with van der Waals surface area (Å²) in [6.07, 6.45) is 0. The molecule has 0 saturated carbocycles. The molecule has 30 heavy (non-hydrogen) atoms. The van der Waals surface area contributed by atoms with Crippen LogP contribution in [0.4, 0.5) is 5.82 Å². The first-order valence-electron chi connectivity index (χ1n) is 8.73. The molecular weight excluding hydrogens is 451 g/mol. The molecule has 4 rings (SSSR count). The Balaban J connectivity index is 1.96. The summed E-state index contributed by atoms with van der Waals surface area (Å²) >= 11 is 18.1. The lowest BCUT2D eigenvalue weighted by Gasteiger charge is -2.23. The van der Waals surface area contributed by atoms with E-state index in [-0.39, 0.29) is 22.2 Å². The first kappa shape index (κ1) is 20.5. The van der Waals surface area contributed by atoms with Crippen LogP contribution < -0.4 is 4.90 Å². The predicted octanol–water partition coefficient (Wildman–Crippen LogP) is 5.57. The van der Waals surface area contributed by atoms with Crippen LogP contribution in [0.15, 0.2) is 58.6 Å². The maximum absolute atomic E-state index is 13.0. The molecule has 9 heteroatoms. The van der Waals surface area contributed by atoms with Gasteiger partial charge in [-0.1, -0.05) is 46.0 Å². The number of carbonyl (C=O) groups excluding carboxylic acids is 2. The highest BCUT2D eigenvalue weighted by Gasteiger charge is 2.48. The number of aliphatic hydroxyl groups is 1. The molecule has 0 aliphatic carbocycles. The van der Waals surface area contributed by atoms with Gasteiger partial charge in [0.05, 0.1) is 21.7 Å². The monoisotopic (exact) mass is 462 g/mol. The molecule has 2 aromatic carbocycles. The summed E-state index contributed by atoms with van der Waals surface area (Å²) in [5, 5.41) is 15.8. The van der Waals surface area contributed by atoms with E-state index in [0.29, 0.717) is 26.9 Å². The third-order valence-electron chi connectivity index (χ3n) is 4.68. The fraction of sp³-hybridized carbons (Fsp3) is 0.0952. The normalized spacial score (nSPS) is 18.3. The van der Waals surface area contributed by atoms with Gasteiger partial charge in [0, 0.05) is 16.7 Å². The van der Waals surface area contributed by atoms with Crippen molar-refractivity contribution in [1.29, 1.82) is 0 Å². The summed E-state index contributed by atoms with van der Waals surface area (Å²) in [5.74, 6) is -1.46. The van der Waals surface area contributed by atoms with Gasteiger partial charge in [0.1, 0.15) is 11.5 Å². The predicted molar refractivity (Wildman–Crippen MR) is 114 cm³/mol. The second kappa shape index (κ2) is 7.80. The summed E-state index contributed by atoms with van der Waals surface area (Å²) in [6, 6.07) is 11.5. The number of ketones is 1. The maximum atomic E-state index is 13.0. The van der Waals surface area contributed by atoms with Crippen molar-refractivity contribution in [3.05, 3.63) is 86.1 Å². The minimum absolute atomic E-state index is 0.110. The number of hydrogen-bond donors (Lipinski definition) is 1. The van der Waals surface area contributed by atoms with Crippen molar-refractivity contribution in [2.24, 2.45) is 0 Å². The van der Waals surface area contributed by atoms with Crippen LogP contribution in [-0.4, -0.2) is 22.0 Å². The molecule has 0 radical (unpaired) electrons. The van der Waals surface area contributed by atoms with E-state index in [1.165, 1.54) is 17.0 Å². The first-order chi connectivity index (χ1) is 14.3. The molecule has 1 aromatic heterocycles. The smallest absolute Gasteiger partial charge is 0.301 e. The van der Waals surface area contributed by atoms with Crippen LogP contribution >= 0.6 is 34.8 Å². The van der Waals surface area contributed by atoms with Crippen molar-refractivity contribution in [1.82, 2.24) is 5.16 Å². The fourth-order valence-electron chi connectivity index (χ4n) is 3.30. The van der Waals surface area contributed by atoms with Gasteiger partial charge in [-0.25, -0.2) is 0 Å². The van der Waals surface area contributed by atoms with Crippen LogP contribution in [0.25, 0.3) is 5.76 Å². The number of aliphatic hydroxyl groups excluding tert-OH is 1. The van der Waals surface area contributed by atoms with Crippen molar-refractivity contribution in [3.8, 4) is 0 Å². The molecule has 1 aliphatic heterocycles. The molecule has 1 saturated heterocycles. The first-order valence-corrected chi connectivity index (χ1v) is 9.86. The van der Waals surface area contributed by atoms with Gasteiger partial charge in [0.2, 0.25) is 0 Å². The molecule has 1 fully saturated rings. The second-order valence-electron chi connectivity index (χ2n) is 6.65. The number of halogens is 3. The molecule has 152 valence electrons. The maximum Gasteiger partial charge on any atom is 0.301 e. The average Bonchev–Trinajstić information content (AvgIpc) is 3.25. The van der Waals surface area contributed by atoms with Crippen LogP contribution in [0.1, 0.15) is 22.9 Å². The van der Waals surface area contributed by atoms with Crippen LogP contribution in [-0.2, 0) is 9.59 Å². The molecule has 0 bridgehead atoms. The Morgan fingerprint density at radius 2 is 1.73 bits per heavy atom. The van der Waals surface area contributed by atoms with Crippen molar-refractivity contribution in [2.45, 2.75) is 13.0 Å². The lowest BCUT2D eigenvalue weighted by atomic mass is 9.95. The number of carbonyl (C=O) groups is 2. The second-order valence-corrected chi connectivity index (χ2v) is 7.90. The Kier molecular flexibility index (Phi) is 5.32. The minimum atomic E-state index is -0.986. The number of rotatable bonds is 3. The zero-order chi connectivity index (χ0) is 21.6. The van der Waals surface area contributed by atoms with E-state index in [1.807, 2.05) is 0 Å². The van der Waals surface area contributed by atoms with E-state index in [4.69, 9.17) is 39.3 Å². The summed E-state index contributed by atoms with van der Waals surface area (Å²) in [5.41, 5.74) is 0.694. The van der Waals surface area contributed by atoms with Crippen LogP contribution in [0.5, 0.6) is 0 Å². The Morgan fingerprint density at radius 1 is 1.03 bits per heavy atom. The molecule has 1 atom stereocenters. The van der Waals surface area contributed by atoms with E-state index >= 15 is 0 Å². The molecular formula is C21H13Cl3N2O4. The summed E-state index contributed by atoms with van der Waals surface area (Å²) < 4.78 is 5.09. The van der Waals surface area contributed by atoms with Gasteiger partial charge in [0.15, 0.2) is 5.82 Å². The van der Waals surface area contributed by atoms with Crippen molar-refractivity contribution in [3.63, 3.8) is 0 Å². The number of aryl methyl sites for hydroxylation is 1. The number of hydrogen-bond acceptors (Lipinski definition) is 5. The van der Waals surface area contributed by atoms with Crippen LogP contribution in [0.2, 0.25) is 15.1 Å². The fourth-order valence-corrected chi connectivity index (χ4v) is 3.73. The van der Waals surface area contributed by atoms with Crippen LogP contribution in [0.3, 0.4) is 0 Å². The third kappa shape index (κ3) is 3.47. The highest BCUT2D eigenvalue weighted by atomic mass is 35.5. The standard InChI is InChI=1S/C21H13Cl3N2O4/c1-10-8-16(25-30-10)26-18(12-4-7-14(23)15(24)9-12)17(20(28)21(26)29)19(27)11-2-5-13(22)6-3-11/h2-9,18,27H,1H3/t18-/m0/s1. The number of amides is 1. The molecule has 1 amide bonds. The van der Waals surface area contributed by atoms with Crippen molar-refractivity contribution >= 4 is 58.1 Å². The Morgan fingerprint density at radius 3 is 2.33 bits per heavy atom. The van der Waals surface area contributed by atoms with Gasteiger partial charge < -0.3 is 9.63 Å². The number of benzene rings is 2. The highest BCUT2D eigenvalue weighted by molar-refractivity contribution is 6.51. The van der Waals surface area contributed by atoms with Gasteiger partial charge in [-0.15, -0.1) is 0 Å². The summed E-state index contributed by atoms with van der Waals surface area (Å²) in [4.78, 5) is 27.0. The lowest BCUT2D eigenvalue weighted by molar-refractivity contribution is -0.132. The quantitative estimate of drug-likeness (QED) is 0.312. The highest BCUT2D eigenvalue weighted by Crippen LogP contribution is 2.43. The van der Waals surface area contributed by atoms with Crippen molar-refractivity contribution < 1.29 is 19.2 Å². The van der Waals surface area contributed by atoms with Crippen molar-refractivity contribution in [2.75, 3.05) is 4.90 Å². The average molecular weight is 464 g/mol. The van der Waals surface area contributed by atoms with E-state index < -0.39 is 17.7 Å². The van der Waals surface area contributed by atoms with E-state index in [2.05, 4.69) is 5.16 Å². The molecule has 0 spiro atoms. The van der Waals surface area contributed by atoms with Gasteiger partial charge >= 0.3 is 5.91 Å². The summed E-state index contributed by atoms with van der Waals surface area (Å²) in [6.45, 7) is 1.66. The topological polar surface area (TPSA) is 83.6 Å². The molecule has 1 N–H and O–H groups in total. The van der Waals surface area contributed by atoms with Gasteiger partial charge in [-0.2, -0.15) is 0 Å². The minimum Gasteiger partial charge on any atom is -0.507 e. The Hall–Kier alpha value is -2.80. The molecule has 1 aliphatic rings. The molecule has 6 nitrogen and oxygen atoms in total.